The van der Waals surface area contributed by atoms with Crippen molar-refractivity contribution in [2.75, 3.05) is 18.0 Å². The molecule has 6 nitrogen and oxygen atoms in total. The fourth-order valence-electron chi connectivity index (χ4n) is 2.99. The first kappa shape index (κ1) is 18.8. The molecule has 0 radical (unpaired) electrons. The lowest BCUT2D eigenvalue weighted by atomic mass is 10.2. The van der Waals surface area contributed by atoms with Crippen LogP contribution >= 0.6 is 11.8 Å². The van der Waals surface area contributed by atoms with Crippen LogP contribution in [-0.4, -0.2) is 45.1 Å². The van der Waals surface area contributed by atoms with E-state index in [1.807, 2.05) is 20.8 Å². The smallest absolute Gasteiger partial charge is 0.233 e. The van der Waals surface area contributed by atoms with Gasteiger partial charge in [0.05, 0.1) is 10.9 Å². The molecule has 1 atom stereocenters. The summed E-state index contributed by atoms with van der Waals surface area (Å²) in [5, 5.41) is 12.3. The Morgan fingerprint density at radius 1 is 1.12 bits per heavy atom. The molecule has 1 amide bonds. The first-order valence-corrected chi connectivity index (χ1v) is 10.1. The van der Waals surface area contributed by atoms with Gasteiger partial charge < -0.3 is 10.2 Å². The molecule has 1 aromatic carbocycles. The molecule has 1 aliphatic heterocycles. The molecule has 2 aromatic rings. The van der Waals surface area contributed by atoms with Gasteiger partial charge in [-0.25, -0.2) is 0 Å². The summed E-state index contributed by atoms with van der Waals surface area (Å²) in [5.41, 5.74) is 2.24. The van der Waals surface area contributed by atoms with Crippen LogP contribution in [-0.2, 0) is 4.79 Å². The average molecular weight is 374 g/mol. The number of carbonyl (C=O) groups excluding carboxylic acids is 1. The van der Waals surface area contributed by atoms with E-state index in [9.17, 15) is 4.79 Å². The Balaban J connectivity index is 1.92. The second-order valence-corrected chi connectivity index (χ2v) is 8.38. The van der Waals surface area contributed by atoms with Crippen molar-refractivity contribution in [3.63, 3.8) is 0 Å². The van der Waals surface area contributed by atoms with Crippen molar-refractivity contribution in [1.82, 2.24) is 20.1 Å². The van der Waals surface area contributed by atoms with E-state index >= 15 is 0 Å². The zero-order valence-electron chi connectivity index (χ0n) is 15.9. The highest BCUT2D eigenvalue weighted by molar-refractivity contribution is 8.00. The topological polar surface area (TPSA) is 63.1 Å². The molecule has 0 saturated carbocycles. The van der Waals surface area contributed by atoms with Gasteiger partial charge in [-0.1, -0.05) is 29.5 Å². The Bertz CT molecular complexity index is 750. The van der Waals surface area contributed by atoms with Crippen molar-refractivity contribution in [1.29, 1.82) is 0 Å². The Kier molecular flexibility index (Phi) is 5.86. The normalized spacial score (nSPS) is 15.5. The van der Waals surface area contributed by atoms with Gasteiger partial charge in [-0.15, -0.1) is 10.2 Å². The fraction of sp³-hybridized carbons (Fsp3) is 0.526. The lowest BCUT2D eigenvalue weighted by Crippen LogP contribution is -2.36. The predicted molar refractivity (Wildman–Crippen MR) is 106 cm³/mol. The summed E-state index contributed by atoms with van der Waals surface area (Å²) in [6.45, 7) is 9.92. The molecule has 0 aliphatic carbocycles. The minimum Gasteiger partial charge on any atom is -0.353 e. The quantitative estimate of drug-likeness (QED) is 0.788. The van der Waals surface area contributed by atoms with Gasteiger partial charge in [0.15, 0.2) is 5.16 Å². The predicted octanol–water partition coefficient (Wildman–Crippen LogP) is 3.18. The van der Waals surface area contributed by atoms with E-state index < -0.39 is 0 Å². The molecular weight excluding hydrogens is 346 g/mol. The molecule has 1 aromatic heterocycles. The number of aromatic nitrogens is 3. The van der Waals surface area contributed by atoms with Crippen molar-refractivity contribution in [2.45, 2.75) is 57.0 Å². The molecule has 1 aliphatic rings. The van der Waals surface area contributed by atoms with E-state index in [1.54, 1.807) is 0 Å². The van der Waals surface area contributed by atoms with E-state index in [2.05, 4.69) is 56.2 Å². The minimum absolute atomic E-state index is 0.0196. The summed E-state index contributed by atoms with van der Waals surface area (Å²) in [5.74, 6) is 0.886. The highest BCUT2D eigenvalue weighted by Crippen LogP contribution is 2.30. The maximum absolute atomic E-state index is 12.3. The van der Waals surface area contributed by atoms with Crippen LogP contribution in [0, 0.1) is 6.92 Å². The number of hydrogen-bond donors (Lipinski definition) is 1. The second-order valence-electron chi connectivity index (χ2n) is 7.07. The van der Waals surface area contributed by atoms with Gasteiger partial charge in [0.25, 0.3) is 0 Å². The zero-order chi connectivity index (χ0) is 18.7. The van der Waals surface area contributed by atoms with Crippen molar-refractivity contribution in [3.8, 4) is 5.69 Å². The van der Waals surface area contributed by atoms with E-state index in [-0.39, 0.29) is 17.2 Å². The van der Waals surface area contributed by atoms with Crippen molar-refractivity contribution < 1.29 is 4.79 Å². The van der Waals surface area contributed by atoms with Crippen molar-refractivity contribution in [3.05, 3.63) is 29.8 Å². The molecule has 0 spiro atoms. The number of aryl methyl sites for hydroxylation is 1. The third-order valence-corrected chi connectivity index (χ3v) is 5.42. The number of amides is 1. The summed E-state index contributed by atoms with van der Waals surface area (Å²) in [7, 11) is 0. The van der Waals surface area contributed by atoms with Gasteiger partial charge in [0.2, 0.25) is 11.9 Å². The Morgan fingerprint density at radius 2 is 1.77 bits per heavy atom. The molecule has 1 fully saturated rings. The van der Waals surface area contributed by atoms with Crippen LogP contribution in [0.25, 0.3) is 5.69 Å². The largest absolute Gasteiger partial charge is 0.353 e. The first-order chi connectivity index (χ1) is 12.5. The number of hydrogen-bond acceptors (Lipinski definition) is 5. The van der Waals surface area contributed by atoms with Gasteiger partial charge >= 0.3 is 0 Å². The summed E-state index contributed by atoms with van der Waals surface area (Å²) < 4.78 is 2.08. The van der Waals surface area contributed by atoms with Crippen LogP contribution in [0.1, 0.15) is 39.2 Å². The highest BCUT2D eigenvalue weighted by atomic mass is 32.2. The number of nitrogens with one attached hydrogen (secondary N) is 1. The minimum atomic E-state index is -0.239. The molecule has 2 heterocycles. The van der Waals surface area contributed by atoms with Gasteiger partial charge in [-0.3, -0.25) is 9.36 Å². The number of nitrogens with zero attached hydrogens (tertiary/aromatic N) is 4. The molecule has 3 rings (SSSR count). The molecule has 7 heteroatoms. The lowest BCUT2D eigenvalue weighted by Gasteiger charge is -2.19. The third-order valence-electron chi connectivity index (χ3n) is 4.38. The molecule has 1 saturated heterocycles. The summed E-state index contributed by atoms with van der Waals surface area (Å²) in [6.07, 6.45) is 2.35. The number of benzene rings is 1. The maximum Gasteiger partial charge on any atom is 0.233 e. The van der Waals surface area contributed by atoms with Crippen LogP contribution in [0.15, 0.2) is 29.4 Å². The number of carbonyl (C=O) groups is 1. The molecule has 0 bridgehead atoms. The molecule has 0 unspecified atom stereocenters. The Labute approximate surface area is 159 Å². The van der Waals surface area contributed by atoms with E-state index in [4.69, 9.17) is 0 Å². The van der Waals surface area contributed by atoms with Crippen LogP contribution in [0.5, 0.6) is 0 Å². The highest BCUT2D eigenvalue weighted by Gasteiger charge is 2.25. The van der Waals surface area contributed by atoms with E-state index in [0.29, 0.717) is 0 Å². The lowest BCUT2D eigenvalue weighted by molar-refractivity contribution is -0.120. The van der Waals surface area contributed by atoms with Gasteiger partial charge in [-0.2, -0.15) is 0 Å². The second kappa shape index (κ2) is 8.12. The summed E-state index contributed by atoms with van der Waals surface area (Å²) in [6, 6.07) is 8.47. The zero-order valence-corrected chi connectivity index (χ0v) is 16.7. The van der Waals surface area contributed by atoms with E-state index in [1.165, 1.54) is 30.2 Å². The fourth-order valence-corrected chi connectivity index (χ4v) is 3.87. The van der Waals surface area contributed by atoms with Crippen LogP contribution in [0.3, 0.4) is 0 Å². The Hall–Kier alpha value is -2.02. The van der Waals surface area contributed by atoms with Crippen molar-refractivity contribution >= 4 is 23.6 Å². The average Bonchev–Trinajstić information content (AvgIpc) is 3.24. The Morgan fingerprint density at radius 3 is 2.38 bits per heavy atom. The number of rotatable bonds is 6. The van der Waals surface area contributed by atoms with E-state index in [0.717, 1.165) is 29.9 Å². The van der Waals surface area contributed by atoms with Crippen molar-refractivity contribution in [2.24, 2.45) is 0 Å². The summed E-state index contributed by atoms with van der Waals surface area (Å²) >= 11 is 1.45. The molecular formula is C19H27N5OS. The third kappa shape index (κ3) is 4.20. The number of thioether (sulfide) groups is 1. The monoisotopic (exact) mass is 373 g/mol. The van der Waals surface area contributed by atoms with Crippen LogP contribution in [0.4, 0.5) is 5.95 Å². The standard InChI is InChI=1S/C19H27N5OS/c1-13(2)20-17(25)15(4)26-19-22-21-18(23-11-5-6-12-23)24(19)16-9-7-14(3)8-10-16/h7-10,13,15H,5-6,11-12H2,1-4H3,(H,20,25)/t15-/m0/s1. The molecule has 26 heavy (non-hydrogen) atoms. The first-order valence-electron chi connectivity index (χ1n) is 9.20. The maximum atomic E-state index is 12.3. The van der Waals surface area contributed by atoms with Gasteiger partial charge in [-0.05, 0) is 52.7 Å². The number of anilines is 1. The molecule has 140 valence electrons. The van der Waals surface area contributed by atoms with Gasteiger partial charge in [0.1, 0.15) is 0 Å². The van der Waals surface area contributed by atoms with Gasteiger partial charge in [0, 0.05) is 19.1 Å². The van der Waals surface area contributed by atoms with Crippen LogP contribution < -0.4 is 10.2 Å². The SMILES string of the molecule is Cc1ccc(-n2c(S[C@@H](C)C(=O)NC(C)C)nnc2N2CCCC2)cc1. The molecule has 1 N–H and O–H groups in total. The summed E-state index contributed by atoms with van der Waals surface area (Å²) in [4.78, 5) is 14.6. The van der Waals surface area contributed by atoms with Crippen LogP contribution in [0.2, 0.25) is 0 Å².